The van der Waals surface area contributed by atoms with E-state index in [1.807, 2.05) is 49.5 Å². The molecule has 0 atom stereocenters. The van der Waals surface area contributed by atoms with Crippen LogP contribution in [0.2, 0.25) is 5.02 Å². The zero-order valence-electron chi connectivity index (χ0n) is 13.2. The molecule has 126 valence electrons. The van der Waals surface area contributed by atoms with Crippen LogP contribution in [0.1, 0.15) is 11.4 Å². The first-order chi connectivity index (χ1) is 12.0. The molecule has 1 aromatic heterocycles. The number of halogens is 3. The molecule has 0 spiro atoms. The molecule has 1 heterocycles. The van der Waals surface area contributed by atoms with Gasteiger partial charge in [0.25, 0.3) is 0 Å². The molecule has 0 aliphatic heterocycles. The molecule has 0 bridgehead atoms. The van der Waals surface area contributed by atoms with Gasteiger partial charge in [0.2, 0.25) is 0 Å². The number of nitrogens with zero attached hydrogens (tertiary/aromatic N) is 4. The van der Waals surface area contributed by atoms with Gasteiger partial charge in [-0.3, -0.25) is 5.01 Å². The summed E-state index contributed by atoms with van der Waals surface area (Å²) >= 11 is 13.0. The number of hydrogen-bond acceptors (Lipinski definition) is 4. The summed E-state index contributed by atoms with van der Waals surface area (Å²) in [5.74, 6) is 0.546. The second-order valence-electron chi connectivity index (χ2n) is 5.15. The van der Waals surface area contributed by atoms with Gasteiger partial charge in [-0.1, -0.05) is 39.7 Å². The van der Waals surface area contributed by atoms with E-state index in [-0.39, 0.29) is 0 Å². The van der Waals surface area contributed by atoms with Crippen molar-refractivity contribution in [1.29, 1.82) is 0 Å². The molecule has 0 unspecified atom stereocenters. The highest BCUT2D eigenvalue weighted by atomic mass is 79.9. The van der Waals surface area contributed by atoms with Crippen LogP contribution in [0, 0.1) is 0 Å². The minimum Gasteiger partial charge on any atom is -0.267 e. The Kier molecular flexibility index (Phi) is 5.83. The second-order valence-corrected chi connectivity index (χ2v) is 7.35. The Morgan fingerprint density at radius 1 is 1.04 bits per heavy atom. The monoisotopic (exact) mass is 478 g/mol. The van der Waals surface area contributed by atoms with Crippen molar-refractivity contribution in [3.8, 4) is 0 Å². The third-order valence-electron chi connectivity index (χ3n) is 3.40. The number of hydrazone groups is 1. The van der Waals surface area contributed by atoms with Crippen LogP contribution in [0.4, 0.5) is 5.69 Å². The summed E-state index contributed by atoms with van der Waals surface area (Å²) in [5, 5.41) is 7.20. The highest BCUT2D eigenvalue weighted by Crippen LogP contribution is 2.29. The standard InChI is InChI=1S/C18H13Br2ClN4/c1-25(16-8-5-13(19)11-15(16)20)24-17(18-22-9-2-10-23-18)12-3-6-14(21)7-4-12/h2-11H,1H3/b24-17+. The molecule has 0 saturated heterocycles. The van der Waals surface area contributed by atoms with Crippen molar-refractivity contribution in [2.24, 2.45) is 5.10 Å². The second kappa shape index (κ2) is 8.08. The van der Waals surface area contributed by atoms with Crippen molar-refractivity contribution >= 4 is 54.9 Å². The fourth-order valence-corrected chi connectivity index (χ4v) is 3.64. The minimum absolute atomic E-state index is 0.546. The molecule has 0 aliphatic carbocycles. The average Bonchev–Trinajstić information content (AvgIpc) is 2.61. The maximum atomic E-state index is 6.01. The van der Waals surface area contributed by atoms with Gasteiger partial charge in [0.15, 0.2) is 5.82 Å². The Morgan fingerprint density at radius 2 is 1.72 bits per heavy atom. The highest BCUT2D eigenvalue weighted by molar-refractivity contribution is 9.11. The maximum Gasteiger partial charge on any atom is 0.180 e. The van der Waals surface area contributed by atoms with Crippen LogP contribution < -0.4 is 5.01 Å². The molecule has 0 amide bonds. The fourth-order valence-electron chi connectivity index (χ4n) is 2.21. The SMILES string of the molecule is CN(/N=C(\c1ccc(Cl)cc1)c1ncccn1)c1ccc(Br)cc1Br. The Bertz CT molecular complexity index is 899. The Balaban J connectivity index is 2.07. The molecule has 0 fully saturated rings. The van der Waals surface area contributed by atoms with Crippen molar-refractivity contribution in [1.82, 2.24) is 9.97 Å². The van der Waals surface area contributed by atoms with Gasteiger partial charge >= 0.3 is 0 Å². The molecule has 2 aromatic carbocycles. The lowest BCUT2D eigenvalue weighted by Gasteiger charge is -2.17. The molecule has 7 heteroatoms. The molecule has 0 aliphatic rings. The topological polar surface area (TPSA) is 41.4 Å². The van der Waals surface area contributed by atoms with E-state index < -0.39 is 0 Å². The van der Waals surface area contributed by atoms with E-state index in [4.69, 9.17) is 16.7 Å². The van der Waals surface area contributed by atoms with Crippen molar-refractivity contribution in [3.05, 3.63) is 86.3 Å². The van der Waals surface area contributed by atoms with E-state index in [0.29, 0.717) is 16.6 Å². The first-order valence-corrected chi connectivity index (χ1v) is 9.32. The van der Waals surface area contributed by atoms with Gasteiger partial charge in [0.05, 0.1) is 5.69 Å². The summed E-state index contributed by atoms with van der Waals surface area (Å²) in [7, 11) is 1.88. The quantitative estimate of drug-likeness (QED) is 0.364. The smallest absolute Gasteiger partial charge is 0.180 e. The van der Waals surface area contributed by atoms with Gasteiger partial charge in [-0.25, -0.2) is 9.97 Å². The van der Waals surface area contributed by atoms with Gasteiger partial charge in [-0.05, 0) is 52.3 Å². The van der Waals surface area contributed by atoms with Crippen molar-refractivity contribution in [2.75, 3.05) is 12.1 Å². The van der Waals surface area contributed by atoms with Crippen LogP contribution in [0.15, 0.2) is 75.0 Å². The zero-order chi connectivity index (χ0) is 17.8. The number of anilines is 1. The first kappa shape index (κ1) is 18.0. The Labute approximate surface area is 167 Å². The lowest BCUT2D eigenvalue weighted by molar-refractivity contribution is 0.999. The zero-order valence-corrected chi connectivity index (χ0v) is 17.1. The number of benzene rings is 2. The lowest BCUT2D eigenvalue weighted by atomic mass is 10.1. The summed E-state index contributed by atoms with van der Waals surface area (Å²) in [6, 6.07) is 15.1. The van der Waals surface area contributed by atoms with Crippen LogP contribution in [0.25, 0.3) is 0 Å². The molecular formula is C18H13Br2ClN4. The summed E-state index contributed by atoms with van der Waals surface area (Å²) in [6.45, 7) is 0. The summed E-state index contributed by atoms with van der Waals surface area (Å²) in [6.07, 6.45) is 3.40. The third kappa shape index (κ3) is 4.45. The van der Waals surface area contributed by atoms with Gasteiger partial charge in [-0.2, -0.15) is 5.10 Å². The van der Waals surface area contributed by atoms with E-state index in [0.717, 1.165) is 20.2 Å². The predicted octanol–water partition coefficient (Wildman–Crippen LogP) is 5.54. The minimum atomic E-state index is 0.546. The summed E-state index contributed by atoms with van der Waals surface area (Å²) in [5.41, 5.74) is 2.47. The third-order valence-corrected chi connectivity index (χ3v) is 4.78. The van der Waals surface area contributed by atoms with E-state index in [9.17, 15) is 0 Å². The fraction of sp³-hybridized carbons (Fsp3) is 0.0556. The summed E-state index contributed by atoms with van der Waals surface area (Å²) in [4.78, 5) is 8.68. The van der Waals surface area contributed by atoms with Crippen LogP contribution in [0.3, 0.4) is 0 Å². The molecule has 25 heavy (non-hydrogen) atoms. The predicted molar refractivity (Wildman–Crippen MR) is 109 cm³/mol. The summed E-state index contributed by atoms with van der Waals surface area (Å²) < 4.78 is 1.92. The van der Waals surface area contributed by atoms with Gasteiger partial charge in [0.1, 0.15) is 5.71 Å². The number of hydrogen-bond donors (Lipinski definition) is 0. The molecule has 0 radical (unpaired) electrons. The van der Waals surface area contributed by atoms with E-state index >= 15 is 0 Å². The van der Waals surface area contributed by atoms with Gasteiger partial charge < -0.3 is 0 Å². The van der Waals surface area contributed by atoms with Gasteiger partial charge in [0, 0.05) is 39.0 Å². The number of aromatic nitrogens is 2. The lowest BCUT2D eigenvalue weighted by Crippen LogP contribution is -2.17. The Hall–Kier alpha value is -1.76. The van der Waals surface area contributed by atoms with Crippen LogP contribution in [0.5, 0.6) is 0 Å². The van der Waals surface area contributed by atoms with E-state index in [1.54, 1.807) is 23.5 Å². The highest BCUT2D eigenvalue weighted by Gasteiger charge is 2.13. The van der Waals surface area contributed by atoms with Crippen molar-refractivity contribution in [2.45, 2.75) is 0 Å². The molecular weight excluding hydrogens is 467 g/mol. The van der Waals surface area contributed by atoms with Crippen LogP contribution >= 0.6 is 43.5 Å². The average molecular weight is 481 g/mol. The molecule has 3 rings (SSSR count). The number of rotatable bonds is 4. The first-order valence-electron chi connectivity index (χ1n) is 7.35. The molecule has 4 nitrogen and oxygen atoms in total. The molecule has 0 saturated carbocycles. The van der Waals surface area contributed by atoms with Crippen LogP contribution in [-0.2, 0) is 0 Å². The molecule has 3 aromatic rings. The van der Waals surface area contributed by atoms with E-state index in [2.05, 4.69) is 41.8 Å². The Morgan fingerprint density at radius 3 is 2.36 bits per heavy atom. The van der Waals surface area contributed by atoms with Gasteiger partial charge in [-0.15, -0.1) is 0 Å². The van der Waals surface area contributed by atoms with Crippen molar-refractivity contribution < 1.29 is 0 Å². The largest absolute Gasteiger partial charge is 0.267 e. The normalized spacial score (nSPS) is 11.4. The molecule has 0 N–H and O–H groups in total. The van der Waals surface area contributed by atoms with Crippen LogP contribution in [-0.4, -0.2) is 22.7 Å². The maximum absolute atomic E-state index is 6.01. The van der Waals surface area contributed by atoms with E-state index in [1.165, 1.54) is 0 Å². The van der Waals surface area contributed by atoms with Crippen molar-refractivity contribution in [3.63, 3.8) is 0 Å².